The van der Waals surface area contributed by atoms with Crippen molar-refractivity contribution in [2.75, 3.05) is 5.48 Å². The zero-order valence-electron chi connectivity index (χ0n) is 10.7. The van der Waals surface area contributed by atoms with Gasteiger partial charge >= 0.3 is 6.47 Å². The molecule has 1 rings (SSSR count). The van der Waals surface area contributed by atoms with Gasteiger partial charge in [0.25, 0.3) is 0 Å². The fourth-order valence-corrected chi connectivity index (χ4v) is 1.54. The van der Waals surface area contributed by atoms with E-state index in [1.165, 1.54) is 0 Å². The van der Waals surface area contributed by atoms with Crippen molar-refractivity contribution < 1.29 is 14.4 Å². The molecule has 17 heavy (non-hydrogen) atoms. The van der Waals surface area contributed by atoms with Gasteiger partial charge < -0.3 is 9.57 Å². The van der Waals surface area contributed by atoms with Gasteiger partial charge in [0.1, 0.15) is 5.75 Å². The van der Waals surface area contributed by atoms with Gasteiger partial charge in [0.05, 0.1) is 11.8 Å². The molecule has 1 aromatic carbocycles. The molecular formula is C13H19NO3. The van der Waals surface area contributed by atoms with Gasteiger partial charge in [0.2, 0.25) is 0 Å². The minimum absolute atomic E-state index is 0.139. The van der Waals surface area contributed by atoms with Crippen LogP contribution in [0.1, 0.15) is 39.2 Å². The predicted octanol–water partition coefficient (Wildman–Crippen LogP) is 3.10. The molecule has 0 aliphatic carbocycles. The van der Waals surface area contributed by atoms with Crippen molar-refractivity contribution in [3.63, 3.8) is 0 Å². The van der Waals surface area contributed by atoms with Crippen LogP contribution in [0.25, 0.3) is 0 Å². The Morgan fingerprint density at radius 2 is 1.94 bits per heavy atom. The van der Waals surface area contributed by atoms with Crippen molar-refractivity contribution in [2.45, 2.75) is 39.7 Å². The molecule has 4 heteroatoms. The Morgan fingerprint density at radius 1 is 1.24 bits per heavy atom. The number of carbonyl (C=O) groups excluding carboxylic acids is 1. The van der Waals surface area contributed by atoms with Crippen molar-refractivity contribution >= 4 is 12.2 Å². The van der Waals surface area contributed by atoms with Crippen LogP contribution in [0.3, 0.4) is 0 Å². The van der Waals surface area contributed by atoms with Gasteiger partial charge in [-0.1, -0.05) is 13.8 Å². The predicted molar refractivity (Wildman–Crippen MR) is 67.1 cm³/mol. The molecule has 4 nitrogen and oxygen atoms in total. The van der Waals surface area contributed by atoms with E-state index in [0.717, 1.165) is 17.0 Å². The van der Waals surface area contributed by atoms with E-state index in [1.54, 1.807) is 0 Å². The third-order valence-electron chi connectivity index (χ3n) is 2.23. The standard InChI is InChI=1S/C13H19NO3/c1-9(2)12-7-11(17-10(3)4)5-6-13(12)14-16-8-15/h5-10,14H,1-4H3. The van der Waals surface area contributed by atoms with Crippen LogP contribution in [-0.4, -0.2) is 12.6 Å². The molecule has 0 saturated carbocycles. The largest absolute Gasteiger partial charge is 0.491 e. The lowest BCUT2D eigenvalue weighted by Gasteiger charge is -2.16. The maximum absolute atomic E-state index is 10.2. The molecule has 0 bridgehead atoms. The molecule has 0 spiro atoms. The summed E-state index contributed by atoms with van der Waals surface area (Å²) in [4.78, 5) is 14.7. The van der Waals surface area contributed by atoms with Gasteiger partial charge in [0.15, 0.2) is 0 Å². The molecule has 0 unspecified atom stereocenters. The van der Waals surface area contributed by atoms with Crippen molar-refractivity contribution in [1.82, 2.24) is 0 Å². The van der Waals surface area contributed by atoms with Gasteiger partial charge in [-0.15, -0.1) is 0 Å². The summed E-state index contributed by atoms with van der Waals surface area (Å²) in [6, 6.07) is 5.65. The number of benzene rings is 1. The minimum Gasteiger partial charge on any atom is -0.491 e. The number of nitrogens with one attached hydrogen (secondary N) is 1. The first-order chi connectivity index (χ1) is 8.04. The number of carbonyl (C=O) groups is 1. The number of ether oxygens (including phenoxy) is 1. The van der Waals surface area contributed by atoms with Gasteiger partial charge in [-0.2, -0.15) is 0 Å². The lowest BCUT2D eigenvalue weighted by atomic mass is 10.0. The summed E-state index contributed by atoms with van der Waals surface area (Å²) < 4.78 is 5.63. The highest BCUT2D eigenvalue weighted by molar-refractivity contribution is 5.56. The fraction of sp³-hybridized carbons (Fsp3) is 0.462. The molecular weight excluding hydrogens is 218 g/mol. The smallest absolute Gasteiger partial charge is 0.320 e. The first kappa shape index (κ1) is 13.4. The van der Waals surface area contributed by atoms with E-state index < -0.39 is 0 Å². The monoisotopic (exact) mass is 237 g/mol. The van der Waals surface area contributed by atoms with Crippen LogP contribution in [0.2, 0.25) is 0 Å². The van der Waals surface area contributed by atoms with Crippen LogP contribution < -0.4 is 10.2 Å². The molecule has 0 heterocycles. The van der Waals surface area contributed by atoms with Crippen LogP contribution in [0.4, 0.5) is 5.69 Å². The van der Waals surface area contributed by atoms with E-state index in [4.69, 9.17) is 4.74 Å². The summed E-state index contributed by atoms with van der Waals surface area (Å²) in [6.07, 6.45) is 0.139. The van der Waals surface area contributed by atoms with E-state index in [1.807, 2.05) is 32.0 Å². The van der Waals surface area contributed by atoms with Crippen molar-refractivity contribution in [3.05, 3.63) is 23.8 Å². The highest BCUT2D eigenvalue weighted by atomic mass is 16.7. The molecule has 0 aliphatic heterocycles. The van der Waals surface area contributed by atoms with E-state index in [2.05, 4.69) is 24.2 Å². The second-order valence-electron chi connectivity index (χ2n) is 4.39. The summed E-state index contributed by atoms with van der Waals surface area (Å²) in [7, 11) is 0. The first-order valence-electron chi connectivity index (χ1n) is 5.70. The van der Waals surface area contributed by atoms with Gasteiger partial charge in [-0.05, 0) is 43.5 Å². The maximum atomic E-state index is 10.2. The van der Waals surface area contributed by atoms with Crippen LogP contribution in [0.5, 0.6) is 5.75 Å². The van der Waals surface area contributed by atoms with E-state index in [-0.39, 0.29) is 6.10 Å². The molecule has 0 amide bonds. The normalized spacial score (nSPS) is 10.5. The number of anilines is 1. The van der Waals surface area contributed by atoms with Gasteiger partial charge in [0, 0.05) is 0 Å². The Bertz CT molecular complexity index is 375. The summed E-state index contributed by atoms with van der Waals surface area (Å²) >= 11 is 0. The summed E-state index contributed by atoms with van der Waals surface area (Å²) in [5.74, 6) is 1.13. The highest BCUT2D eigenvalue weighted by Gasteiger charge is 2.09. The summed E-state index contributed by atoms with van der Waals surface area (Å²) in [6.45, 7) is 8.47. The molecule has 0 aromatic heterocycles. The second kappa shape index (κ2) is 6.13. The van der Waals surface area contributed by atoms with Crippen LogP contribution in [0, 0.1) is 0 Å². The number of hydrogen-bond donors (Lipinski definition) is 1. The van der Waals surface area contributed by atoms with E-state index in [0.29, 0.717) is 12.4 Å². The fourth-order valence-electron chi connectivity index (χ4n) is 1.54. The zero-order valence-corrected chi connectivity index (χ0v) is 10.7. The molecule has 0 aliphatic rings. The summed E-state index contributed by atoms with van der Waals surface area (Å²) in [5.41, 5.74) is 4.43. The Labute approximate surface area is 102 Å². The van der Waals surface area contributed by atoms with Gasteiger partial charge in [-0.25, -0.2) is 5.48 Å². The van der Waals surface area contributed by atoms with Crippen molar-refractivity contribution in [1.29, 1.82) is 0 Å². The topological polar surface area (TPSA) is 47.6 Å². The first-order valence-corrected chi connectivity index (χ1v) is 5.70. The van der Waals surface area contributed by atoms with E-state index >= 15 is 0 Å². The zero-order chi connectivity index (χ0) is 12.8. The number of rotatable bonds is 6. The average molecular weight is 237 g/mol. The average Bonchev–Trinajstić information content (AvgIpc) is 2.26. The van der Waals surface area contributed by atoms with Crippen LogP contribution in [0.15, 0.2) is 18.2 Å². The molecule has 0 fully saturated rings. The third kappa shape index (κ3) is 3.98. The van der Waals surface area contributed by atoms with Gasteiger partial charge in [-0.3, -0.25) is 4.79 Å². The van der Waals surface area contributed by atoms with Crippen LogP contribution >= 0.6 is 0 Å². The third-order valence-corrected chi connectivity index (χ3v) is 2.23. The quantitative estimate of drug-likeness (QED) is 0.610. The molecule has 0 radical (unpaired) electrons. The Kier molecular flexibility index (Phi) is 4.82. The SMILES string of the molecule is CC(C)Oc1ccc(NOC=O)c(C(C)C)c1. The maximum Gasteiger partial charge on any atom is 0.320 e. The molecule has 0 saturated heterocycles. The lowest BCUT2D eigenvalue weighted by molar-refractivity contribution is -0.126. The summed E-state index contributed by atoms with van der Waals surface area (Å²) in [5, 5.41) is 0. The molecule has 94 valence electrons. The highest BCUT2D eigenvalue weighted by Crippen LogP contribution is 2.29. The molecule has 1 aromatic rings. The van der Waals surface area contributed by atoms with Crippen molar-refractivity contribution in [2.24, 2.45) is 0 Å². The second-order valence-corrected chi connectivity index (χ2v) is 4.39. The number of hydrogen-bond acceptors (Lipinski definition) is 4. The Morgan fingerprint density at radius 3 is 2.47 bits per heavy atom. The van der Waals surface area contributed by atoms with E-state index in [9.17, 15) is 4.79 Å². The van der Waals surface area contributed by atoms with Crippen LogP contribution in [-0.2, 0) is 9.63 Å². The Balaban J connectivity index is 2.95. The molecule has 0 atom stereocenters. The lowest BCUT2D eigenvalue weighted by Crippen LogP contribution is -2.07. The van der Waals surface area contributed by atoms with Crippen molar-refractivity contribution in [3.8, 4) is 5.75 Å². The minimum atomic E-state index is 0.139. The molecule has 1 N–H and O–H groups in total. The Hall–Kier alpha value is -1.71.